The number of nitrogens with zero attached hydrogens (tertiary/aromatic N) is 7. The monoisotopic (exact) mass is 539 g/mol. The molecule has 1 fully saturated rings. The summed E-state index contributed by atoms with van der Waals surface area (Å²) in [5, 5.41) is 4.66. The van der Waals surface area contributed by atoms with Gasteiger partial charge >= 0.3 is 0 Å². The van der Waals surface area contributed by atoms with Gasteiger partial charge in [0, 0.05) is 44.7 Å². The number of benzene rings is 1. The van der Waals surface area contributed by atoms with Gasteiger partial charge < -0.3 is 14.7 Å². The number of anilines is 1. The molecule has 0 radical (unpaired) electrons. The molecule has 0 bridgehead atoms. The summed E-state index contributed by atoms with van der Waals surface area (Å²) in [5.74, 6) is -1.31. The SMILES string of the molecule is CN1CCN(C(=O)c2cc3n(n2)CCCN(c2nc(Cl)nc4c(F)c(Br)c(F)cc24)C3)CC1. The highest BCUT2D eigenvalue weighted by atomic mass is 79.9. The third-order valence-corrected chi connectivity index (χ3v) is 7.00. The van der Waals surface area contributed by atoms with Crippen molar-refractivity contribution >= 4 is 50.2 Å². The fraction of sp³-hybridized carbons (Fsp3) is 0.429. The van der Waals surface area contributed by atoms with Crippen LogP contribution in [0.1, 0.15) is 22.6 Å². The van der Waals surface area contributed by atoms with E-state index in [9.17, 15) is 13.6 Å². The van der Waals surface area contributed by atoms with Gasteiger partial charge in [0.15, 0.2) is 11.5 Å². The van der Waals surface area contributed by atoms with Crippen LogP contribution >= 0.6 is 27.5 Å². The summed E-state index contributed by atoms with van der Waals surface area (Å²) < 4.78 is 30.5. The average molecular weight is 541 g/mol. The third kappa shape index (κ3) is 4.17. The van der Waals surface area contributed by atoms with Gasteiger partial charge in [-0.1, -0.05) is 0 Å². The standard InChI is InChI=1S/C21H21BrClF2N7O/c1-29-5-7-30(8-6-29)20(33)15-9-12-11-31(3-2-4-32(12)28-15)19-13-10-14(24)16(22)17(25)18(13)26-21(23)27-19/h9-10H,2-8,11H2,1H3. The second kappa shape index (κ2) is 8.77. The quantitative estimate of drug-likeness (QED) is 0.367. The first-order valence-electron chi connectivity index (χ1n) is 10.6. The lowest BCUT2D eigenvalue weighted by molar-refractivity contribution is 0.0657. The van der Waals surface area contributed by atoms with Crippen LogP contribution in [0.4, 0.5) is 14.6 Å². The first-order chi connectivity index (χ1) is 15.8. The number of piperazine rings is 1. The van der Waals surface area contributed by atoms with Gasteiger partial charge in [-0.15, -0.1) is 0 Å². The zero-order chi connectivity index (χ0) is 23.3. The minimum Gasteiger partial charge on any atom is -0.350 e. The van der Waals surface area contributed by atoms with Crippen molar-refractivity contribution in [1.29, 1.82) is 0 Å². The summed E-state index contributed by atoms with van der Waals surface area (Å²) in [5.41, 5.74) is 1.18. The number of carbonyl (C=O) groups is 1. The maximum absolute atomic E-state index is 14.7. The molecular weight excluding hydrogens is 520 g/mol. The van der Waals surface area contributed by atoms with Crippen LogP contribution in [0.3, 0.4) is 0 Å². The Balaban J connectivity index is 1.48. The molecule has 1 amide bonds. The number of rotatable bonds is 2. The van der Waals surface area contributed by atoms with Gasteiger partial charge in [0.25, 0.3) is 5.91 Å². The summed E-state index contributed by atoms with van der Waals surface area (Å²) in [4.78, 5) is 27.1. The van der Waals surface area contributed by atoms with Gasteiger partial charge in [0.2, 0.25) is 5.28 Å². The van der Waals surface area contributed by atoms with Crippen molar-refractivity contribution in [3.63, 3.8) is 0 Å². The second-order valence-electron chi connectivity index (χ2n) is 8.31. The fourth-order valence-corrected chi connectivity index (χ4v) is 4.76. The maximum atomic E-state index is 14.7. The Labute approximate surface area is 202 Å². The molecule has 8 nitrogen and oxygen atoms in total. The van der Waals surface area contributed by atoms with Crippen molar-refractivity contribution in [2.24, 2.45) is 0 Å². The van der Waals surface area contributed by atoms with Crippen LogP contribution in [0.25, 0.3) is 10.9 Å². The number of likely N-dealkylation sites (N-methyl/N-ethyl adjacent to an activating group) is 1. The predicted octanol–water partition coefficient (Wildman–Crippen LogP) is 3.32. The number of hydrogen-bond donors (Lipinski definition) is 0. The van der Waals surface area contributed by atoms with Crippen LogP contribution in [0.15, 0.2) is 16.6 Å². The molecule has 1 saturated heterocycles. The molecule has 0 unspecified atom stereocenters. The summed E-state index contributed by atoms with van der Waals surface area (Å²) in [6.07, 6.45) is 0.710. The molecule has 0 saturated carbocycles. The van der Waals surface area contributed by atoms with Crippen molar-refractivity contribution in [2.75, 3.05) is 44.7 Å². The first kappa shape index (κ1) is 22.4. The van der Waals surface area contributed by atoms with Gasteiger partial charge in [-0.2, -0.15) is 10.1 Å². The van der Waals surface area contributed by atoms with Crippen molar-refractivity contribution in [1.82, 2.24) is 29.5 Å². The number of carbonyl (C=O) groups excluding carboxylic acids is 1. The van der Waals surface area contributed by atoms with Gasteiger partial charge in [-0.3, -0.25) is 9.48 Å². The predicted molar refractivity (Wildman–Crippen MR) is 123 cm³/mol. The van der Waals surface area contributed by atoms with Gasteiger partial charge in [-0.05, 0) is 53.1 Å². The fourth-order valence-electron chi connectivity index (χ4n) is 4.29. The molecule has 2 aliphatic rings. The molecule has 0 aliphatic carbocycles. The van der Waals surface area contributed by atoms with Gasteiger partial charge in [-0.25, -0.2) is 13.8 Å². The second-order valence-corrected chi connectivity index (χ2v) is 9.44. The number of hydrogen-bond acceptors (Lipinski definition) is 6. The largest absolute Gasteiger partial charge is 0.350 e. The van der Waals surface area contributed by atoms with Crippen LogP contribution < -0.4 is 4.90 Å². The van der Waals surface area contributed by atoms with E-state index in [2.05, 4.69) is 35.9 Å². The van der Waals surface area contributed by atoms with E-state index >= 15 is 0 Å². The highest BCUT2D eigenvalue weighted by Gasteiger charge is 2.27. The summed E-state index contributed by atoms with van der Waals surface area (Å²) in [6, 6.07) is 3.00. The normalized spacial score (nSPS) is 17.4. The van der Waals surface area contributed by atoms with Crippen LogP contribution in [0.2, 0.25) is 5.28 Å². The van der Waals surface area contributed by atoms with Crippen LogP contribution in [0, 0.1) is 11.6 Å². The Morgan fingerprint density at radius 1 is 1.09 bits per heavy atom. The van der Waals surface area contributed by atoms with E-state index in [1.807, 2.05) is 21.5 Å². The lowest BCUT2D eigenvalue weighted by atomic mass is 10.2. The maximum Gasteiger partial charge on any atom is 0.274 e. The molecule has 2 aromatic heterocycles. The van der Waals surface area contributed by atoms with E-state index < -0.39 is 11.6 Å². The highest BCUT2D eigenvalue weighted by Crippen LogP contribution is 2.34. The zero-order valence-electron chi connectivity index (χ0n) is 17.9. The summed E-state index contributed by atoms with van der Waals surface area (Å²) in [6.45, 7) is 4.56. The molecular formula is C21H21BrClF2N7O. The smallest absolute Gasteiger partial charge is 0.274 e. The zero-order valence-corrected chi connectivity index (χ0v) is 20.2. The Hall–Kier alpha value is -2.37. The van der Waals surface area contributed by atoms with Gasteiger partial charge in [0.1, 0.15) is 17.2 Å². The molecule has 1 aromatic carbocycles. The molecule has 0 N–H and O–H groups in total. The molecule has 3 aromatic rings. The van der Waals surface area contributed by atoms with Crippen LogP contribution in [-0.4, -0.2) is 75.2 Å². The molecule has 33 heavy (non-hydrogen) atoms. The molecule has 4 heterocycles. The Bertz CT molecular complexity index is 1250. The summed E-state index contributed by atoms with van der Waals surface area (Å²) in [7, 11) is 2.04. The lowest BCUT2D eigenvalue weighted by Gasteiger charge is -2.31. The van der Waals surface area contributed by atoms with Crippen molar-refractivity contribution < 1.29 is 13.6 Å². The van der Waals surface area contributed by atoms with E-state index in [0.29, 0.717) is 50.7 Å². The number of halogens is 4. The van der Waals surface area contributed by atoms with Gasteiger partial charge in [0.05, 0.1) is 16.7 Å². The lowest BCUT2D eigenvalue weighted by Crippen LogP contribution is -2.47. The average Bonchev–Trinajstić information content (AvgIpc) is 3.09. The summed E-state index contributed by atoms with van der Waals surface area (Å²) >= 11 is 9.01. The van der Waals surface area contributed by atoms with Crippen molar-refractivity contribution in [3.05, 3.63) is 44.9 Å². The molecule has 2 aliphatic heterocycles. The minimum atomic E-state index is -0.824. The third-order valence-electron chi connectivity index (χ3n) is 6.10. The van der Waals surface area contributed by atoms with Crippen LogP contribution in [-0.2, 0) is 13.1 Å². The van der Waals surface area contributed by atoms with E-state index in [1.54, 1.807) is 6.07 Å². The Morgan fingerprint density at radius 2 is 1.85 bits per heavy atom. The van der Waals surface area contributed by atoms with Crippen molar-refractivity contribution in [3.8, 4) is 0 Å². The minimum absolute atomic E-state index is 0.0537. The number of amides is 1. The first-order valence-corrected chi connectivity index (χ1v) is 11.8. The van der Waals surface area contributed by atoms with Crippen LogP contribution in [0.5, 0.6) is 0 Å². The van der Waals surface area contributed by atoms with E-state index in [-0.39, 0.29) is 26.6 Å². The molecule has 12 heteroatoms. The Morgan fingerprint density at radius 3 is 2.61 bits per heavy atom. The number of aromatic nitrogens is 4. The topological polar surface area (TPSA) is 70.4 Å². The Kier molecular flexibility index (Phi) is 5.96. The molecule has 0 atom stereocenters. The van der Waals surface area contributed by atoms with Crippen molar-refractivity contribution in [2.45, 2.75) is 19.5 Å². The number of aryl methyl sites for hydroxylation is 1. The molecule has 174 valence electrons. The molecule has 5 rings (SSSR count). The molecule has 0 spiro atoms. The van der Waals surface area contributed by atoms with E-state index in [1.165, 1.54) is 6.07 Å². The van der Waals surface area contributed by atoms with E-state index in [4.69, 9.17) is 11.6 Å². The van der Waals surface area contributed by atoms with E-state index in [0.717, 1.165) is 18.8 Å². The highest BCUT2D eigenvalue weighted by molar-refractivity contribution is 9.10. The number of fused-ring (bicyclic) bond motifs is 2.